The second kappa shape index (κ2) is 7.32. The van der Waals surface area contributed by atoms with Gasteiger partial charge in [-0.25, -0.2) is 9.37 Å². The quantitative estimate of drug-likeness (QED) is 0.540. The average Bonchev–Trinajstić information content (AvgIpc) is 2.61. The maximum absolute atomic E-state index is 14.2. The van der Waals surface area contributed by atoms with E-state index in [1.54, 1.807) is 19.2 Å². The van der Waals surface area contributed by atoms with Gasteiger partial charge in [-0.2, -0.15) is 0 Å². The van der Waals surface area contributed by atoms with Crippen molar-refractivity contribution in [1.82, 2.24) is 9.97 Å². The fourth-order valence-corrected chi connectivity index (χ4v) is 2.44. The summed E-state index contributed by atoms with van der Waals surface area (Å²) in [5, 5.41) is 6.76. The molecule has 0 spiro atoms. The Hall–Kier alpha value is -3.26. The van der Waals surface area contributed by atoms with E-state index in [0.29, 0.717) is 12.2 Å². The van der Waals surface area contributed by atoms with E-state index < -0.39 is 11.7 Å². The Morgan fingerprint density at radius 2 is 2.08 bits per heavy atom. The molecule has 3 aromatic rings. The number of halogens is 1. The summed E-state index contributed by atoms with van der Waals surface area (Å²) in [6.07, 6.45) is 1.71. The Labute approximate surface area is 149 Å². The average molecular weight is 354 g/mol. The zero-order valence-corrected chi connectivity index (χ0v) is 14.2. The molecule has 0 bridgehead atoms. The number of rotatable bonds is 6. The number of primary amides is 1. The smallest absolute Gasteiger partial charge is 0.252 e. The minimum Gasteiger partial charge on any atom is -0.366 e. The van der Waals surface area contributed by atoms with Crippen molar-refractivity contribution in [2.45, 2.75) is 13.0 Å². The van der Waals surface area contributed by atoms with Gasteiger partial charge in [0.1, 0.15) is 5.82 Å². The number of fused-ring (bicyclic) bond motifs is 1. The minimum atomic E-state index is -0.778. The number of benzene rings is 1. The van der Waals surface area contributed by atoms with Gasteiger partial charge in [-0.3, -0.25) is 9.78 Å². The van der Waals surface area contributed by atoms with Crippen LogP contribution in [0, 0.1) is 5.82 Å². The van der Waals surface area contributed by atoms with Crippen molar-refractivity contribution in [3.63, 3.8) is 0 Å². The summed E-state index contributed by atoms with van der Waals surface area (Å²) in [6.45, 7) is 2.12. The molecule has 6 N–H and O–H groups in total. The van der Waals surface area contributed by atoms with Crippen molar-refractivity contribution >= 4 is 34.1 Å². The van der Waals surface area contributed by atoms with Gasteiger partial charge in [0, 0.05) is 29.9 Å². The molecular formula is C18H19FN6O. The molecule has 134 valence electrons. The first-order valence-corrected chi connectivity index (χ1v) is 8.05. The molecule has 3 rings (SSSR count). The predicted molar refractivity (Wildman–Crippen MR) is 99.9 cm³/mol. The van der Waals surface area contributed by atoms with Crippen molar-refractivity contribution in [3.05, 3.63) is 54.0 Å². The van der Waals surface area contributed by atoms with Crippen molar-refractivity contribution < 1.29 is 9.18 Å². The summed E-state index contributed by atoms with van der Waals surface area (Å²) in [7, 11) is 0. The highest BCUT2D eigenvalue weighted by Gasteiger charge is 2.16. The van der Waals surface area contributed by atoms with Gasteiger partial charge in [0.2, 0.25) is 0 Å². The lowest BCUT2D eigenvalue weighted by Crippen LogP contribution is -2.26. The number of carbonyl (C=O) groups excluding carboxylic acids is 1. The third kappa shape index (κ3) is 3.86. The number of anilines is 3. The van der Waals surface area contributed by atoms with Gasteiger partial charge in [0.25, 0.3) is 5.91 Å². The first-order valence-electron chi connectivity index (χ1n) is 8.05. The van der Waals surface area contributed by atoms with Crippen LogP contribution in [0.3, 0.4) is 0 Å². The molecule has 26 heavy (non-hydrogen) atoms. The molecule has 8 heteroatoms. The van der Waals surface area contributed by atoms with Crippen molar-refractivity contribution in [3.8, 4) is 0 Å². The number of aromatic nitrogens is 2. The van der Waals surface area contributed by atoms with Crippen LogP contribution in [0.2, 0.25) is 0 Å². The molecule has 2 heterocycles. The summed E-state index contributed by atoms with van der Waals surface area (Å²) in [5.74, 6) is -1.29. The van der Waals surface area contributed by atoms with Gasteiger partial charge < -0.3 is 22.1 Å². The molecule has 1 aromatic carbocycles. The van der Waals surface area contributed by atoms with E-state index in [9.17, 15) is 9.18 Å². The number of nitrogens with two attached hydrogens (primary N) is 2. The maximum atomic E-state index is 14.2. The van der Waals surface area contributed by atoms with Gasteiger partial charge >= 0.3 is 0 Å². The molecule has 0 saturated carbocycles. The number of carbonyl (C=O) groups is 1. The normalized spacial score (nSPS) is 12.0. The molecule has 0 unspecified atom stereocenters. The van der Waals surface area contributed by atoms with E-state index in [0.717, 1.165) is 17.0 Å². The standard InChI is InChI=1S/C18H19FN6O/c1-10(20)9-23-18-14(19)8-13(16(21)26)17(25-18)24-12-4-5-15-11(7-12)3-2-6-22-15/h2-8,10H,9,20H2,1H3,(H2,21,26)(H2,23,24,25)/t10-/m0/s1. The van der Waals surface area contributed by atoms with Crippen LogP contribution < -0.4 is 22.1 Å². The van der Waals surface area contributed by atoms with Crippen molar-refractivity contribution in [2.24, 2.45) is 11.5 Å². The van der Waals surface area contributed by atoms with Crippen molar-refractivity contribution in [1.29, 1.82) is 0 Å². The fourth-order valence-electron chi connectivity index (χ4n) is 2.44. The van der Waals surface area contributed by atoms with Crippen LogP contribution in [0.4, 0.5) is 21.7 Å². The monoisotopic (exact) mass is 354 g/mol. The van der Waals surface area contributed by atoms with E-state index in [1.165, 1.54) is 0 Å². The summed E-state index contributed by atoms with van der Waals surface area (Å²) in [4.78, 5) is 20.1. The number of amides is 1. The van der Waals surface area contributed by atoms with E-state index in [4.69, 9.17) is 11.5 Å². The SMILES string of the molecule is C[C@H](N)CNc1nc(Nc2ccc3ncccc3c2)c(C(N)=O)cc1F. The first kappa shape index (κ1) is 17.6. The summed E-state index contributed by atoms with van der Waals surface area (Å²) < 4.78 is 14.2. The molecule has 7 nitrogen and oxygen atoms in total. The maximum Gasteiger partial charge on any atom is 0.252 e. The Morgan fingerprint density at radius 3 is 2.81 bits per heavy atom. The predicted octanol–water partition coefficient (Wildman–Crippen LogP) is 2.37. The lowest BCUT2D eigenvalue weighted by Gasteiger charge is -2.14. The molecule has 0 fully saturated rings. The molecule has 0 saturated heterocycles. The number of nitrogens with zero attached hydrogens (tertiary/aromatic N) is 2. The van der Waals surface area contributed by atoms with Crippen LogP contribution in [-0.4, -0.2) is 28.5 Å². The highest BCUT2D eigenvalue weighted by atomic mass is 19.1. The topological polar surface area (TPSA) is 119 Å². The van der Waals surface area contributed by atoms with Gasteiger partial charge in [-0.05, 0) is 37.3 Å². The first-order chi connectivity index (χ1) is 12.4. The Balaban J connectivity index is 1.97. The molecule has 0 radical (unpaired) electrons. The molecule has 1 amide bonds. The summed E-state index contributed by atoms with van der Waals surface area (Å²) >= 11 is 0. The lowest BCUT2D eigenvalue weighted by molar-refractivity contribution is 0.100. The molecule has 2 aromatic heterocycles. The molecular weight excluding hydrogens is 335 g/mol. The fraction of sp³-hybridized carbons (Fsp3) is 0.167. The van der Waals surface area contributed by atoms with Crippen LogP contribution >= 0.6 is 0 Å². The van der Waals surface area contributed by atoms with Crippen molar-refractivity contribution in [2.75, 3.05) is 17.2 Å². The zero-order chi connectivity index (χ0) is 18.7. The Bertz CT molecular complexity index is 960. The van der Waals surface area contributed by atoms with E-state index in [1.807, 2.05) is 24.3 Å². The van der Waals surface area contributed by atoms with Gasteiger partial charge in [0.05, 0.1) is 11.1 Å². The van der Waals surface area contributed by atoms with Crippen LogP contribution in [-0.2, 0) is 0 Å². The van der Waals surface area contributed by atoms with Gasteiger partial charge in [-0.15, -0.1) is 0 Å². The molecule has 0 aliphatic rings. The van der Waals surface area contributed by atoms with E-state index >= 15 is 0 Å². The minimum absolute atomic E-state index is 0.00254. The largest absolute Gasteiger partial charge is 0.366 e. The molecule has 0 aliphatic heterocycles. The Morgan fingerprint density at radius 1 is 1.27 bits per heavy atom. The number of hydrogen-bond acceptors (Lipinski definition) is 6. The molecule has 0 aliphatic carbocycles. The highest BCUT2D eigenvalue weighted by molar-refractivity contribution is 5.99. The number of hydrogen-bond donors (Lipinski definition) is 4. The lowest BCUT2D eigenvalue weighted by atomic mass is 10.2. The van der Waals surface area contributed by atoms with Crippen LogP contribution in [0.1, 0.15) is 17.3 Å². The third-order valence-electron chi connectivity index (χ3n) is 3.70. The highest BCUT2D eigenvalue weighted by Crippen LogP contribution is 2.25. The Kier molecular flexibility index (Phi) is 4.94. The van der Waals surface area contributed by atoms with Gasteiger partial charge in [-0.1, -0.05) is 6.07 Å². The third-order valence-corrected chi connectivity index (χ3v) is 3.70. The van der Waals surface area contributed by atoms with E-state index in [2.05, 4.69) is 20.6 Å². The summed E-state index contributed by atoms with van der Waals surface area (Å²) in [5.41, 5.74) is 12.5. The van der Waals surface area contributed by atoms with Gasteiger partial charge in [0.15, 0.2) is 11.6 Å². The van der Waals surface area contributed by atoms with Crippen LogP contribution in [0.15, 0.2) is 42.6 Å². The number of pyridine rings is 2. The van der Waals surface area contributed by atoms with E-state index in [-0.39, 0.29) is 23.2 Å². The molecule has 1 atom stereocenters. The summed E-state index contributed by atoms with van der Waals surface area (Å²) in [6, 6.07) is 10.1. The van der Waals surface area contributed by atoms with Crippen LogP contribution in [0.25, 0.3) is 10.9 Å². The van der Waals surface area contributed by atoms with Crippen LogP contribution in [0.5, 0.6) is 0 Å². The zero-order valence-electron chi connectivity index (χ0n) is 14.2. The second-order valence-electron chi connectivity index (χ2n) is 5.97. The second-order valence-corrected chi connectivity index (χ2v) is 5.97. The number of nitrogens with one attached hydrogen (secondary N) is 2.